The molecule has 0 spiro atoms. The first-order valence-electron chi connectivity index (χ1n) is 34.3. The summed E-state index contributed by atoms with van der Waals surface area (Å²) in [5.41, 5.74) is 0. The van der Waals surface area contributed by atoms with Crippen LogP contribution in [0.4, 0.5) is 0 Å². The highest BCUT2D eigenvalue weighted by Crippen LogP contribution is 2.31. The smallest absolute Gasteiger partial charge is 0.189 e. The molecule has 0 aromatic carbocycles. The van der Waals surface area contributed by atoms with Crippen LogP contribution in [0.5, 0.6) is 0 Å². The van der Waals surface area contributed by atoms with Gasteiger partial charge in [0.15, 0.2) is 37.7 Å². The van der Waals surface area contributed by atoms with E-state index >= 15 is 0 Å². The molecule has 0 saturated carbocycles. The van der Waals surface area contributed by atoms with Crippen molar-refractivity contribution in [3.05, 3.63) is 0 Å². The minimum Gasteiger partial charge on any atom is -0.376 e. The SMILES string of the molecule is CCOC1C[C@H](OCC)[C@H](OCC)CO1.CCOC1OC[C@@H](OCC)[C@@H](OCC)[C@@H]1OCC.CCOC1OC[C@@H](OCC)[C@H](OCC)[C@H]1OCC.CCOC1[C@@H](OCC)[C@@H](OCC)O[C@H](OCC)[C@H]1OCC.CCO[C@@H]1OC[C@@H](OCC)[C@@H](OCC)[C@@H]1OCC. The zero-order valence-electron chi connectivity index (χ0n) is 59.4. The molecule has 0 aromatic heterocycles. The summed E-state index contributed by atoms with van der Waals surface area (Å²) in [5, 5.41) is 0. The van der Waals surface area contributed by atoms with Gasteiger partial charge in [-0.05, 0) is 138 Å². The van der Waals surface area contributed by atoms with E-state index in [0.717, 1.165) is 6.42 Å². The molecule has 0 aliphatic carbocycles. The van der Waals surface area contributed by atoms with E-state index in [1.165, 1.54) is 0 Å². The van der Waals surface area contributed by atoms with E-state index < -0.39 is 12.6 Å². The van der Waals surface area contributed by atoms with Crippen LogP contribution in [-0.2, 0) is 118 Å². The Hall–Kier alpha value is -1.00. The van der Waals surface area contributed by atoms with Crippen molar-refractivity contribution in [3.8, 4) is 0 Å². The number of hydrogen-bond donors (Lipinski definition) is 0. The van der Waals surface area contributed by atoms with Crippen LogP contribution in [0.1, 0.15) is 145 Å². The third-order valence-electron chi connectivity index (χ3n) is 14.0. The van der Waals surface area contributed by atoms with Gasteiger partial charge in [-0.3, -0.25) is 0 Å². The second-order valence-corrected chi connectivity index (χ2v) is 20.0. The monoisotopic (exact) mass is 1310 g/mol. The number of rotatable bonds is 40. The largest absolute Gasteiger partial charge is 0.376 e. The minimum absolute atomic E-state index is 0.0478. The van der Waals surface area contributed by atoms with Crippen LogP contribution in [0.25, 0.3) is 0 Å². The summed E-state index contributed by atoms with van der Waals surface area (Å²) in [5.74, 6) is 0. The second-order valence-electron chi connectivity index (χ2n) is 20.0. The second kappa shape index (κ2) is 56.1. The van der Waals surface area contributed by atoms with Crippen molar-refractivity contribution in [1.82, 2.24) is 0 Å². The van der Waals surface area contributed by atoms with E-state index in [1.807, 2.05) is 138 Å². The van der Waals surface area contributed by atoms with E-state index in [4.69, 9.17) is 118 Å². The predicted molar refractivity (Wildman–Crippen MR) is 338 cm³/mol. The van der Waals surface area contributed by atoms with Crippen molar-refractivity contribution in [2.75, 3.05) is 159 Å². The Bertz CT molecular complexity index is 1380. The maximum absolute atomic E-state index is 5.90. The molecule has 0 N–H and O–H groups in total. The lowest BCUT2D eigenvalue weighted by molar-refractivity contribution is -0.363. The maximum Gasteiger partial charge on any atom is 0.189 e. The van der Waals surface area contributed by atoms with Crippen molar-refractivity contribution in [1.29, 1.82) is 0 Å². The molecule has 5 rings (SSSR count). The molecule has 5 heterocycles. The summed E-state index contributed by atoms with van der Waals surface area (Å²) in [4.78, 5) is 0. The van der Waals surface area contributed by atoms with Crippen molar-refractivity contribution < 1.29 is 118 Å². The molecule has 0 amide bonds. The van der Waals surface area contributed by atoms with Crippen LogP contribution < -0.4 is 0 Å². The molecule has 0 aromatic rings. The van der Waals surface area contributed by atoms with Crippen LogP contribution in [0, 0.1) is 0 Å². The summed E-state index contributed by atoms with van der Waals surface area (Å²) in [6.45, 7) is 53.2. The van der Waals surface area contributed by atoms with Gasteiger partial charge in [-0.2, -0.15) is 0 Å². The third-order valence-corrected chi connectivity index (χ3v) is 14.0. The Morgan fingerprint density at radius 3 is 0.678 bits per heavy atom. The molecular weight excluding hydrogens is 1180 g/mol. The fourth-order valence-corrected chi connectivity index (χ4v) is 10.8. The topological polar surface area (TPSA) is 231 Å². The summed E-state index contributed by atoms with van der Waals surface area (Å²) >= 11 is 0. The van der Waals surface area contributed by atoms with Gasteiger partial charge in [0.2, 0.25) is 0 Å². The minimum atomic E-state index is -0.514. The number of ether oxygens (including phenoxy) is 25. The van der Waals surface area contributed by atoms with Crippen LogP contribution >= 0.6 is 0 Å². The lowest BCUT2D eigenvalue weighted by Gasteiger charge is -2.45. The Kier molecular flexibility index (Phi) is 54.2. The molecule has 5 saturated heterocycles. The Morgan fingerprint density at radius 2 is 0.400 bits per heavy atom. The van der Waals surface area contributed by atoms with Crippen LogP contribution in [-0.4, -0.2) is 282 Å². The Labute approximate surface area is 543 Å². The molecule has 25 heteroatoms. The normalized spacial score (nSPS) is 32.7. The summed E-state index contributed by atoms with van der Waals surface area (Å²) in [6, 6.07) is 0. The predicted octanol–water partition coefficient (Wildman–Crippen LogP) is 8.32. The van der Waals surface area contributed by atoms with Crippen LogP contribution in [0.15, 0.2) is 0 Å². The fraction of sp³-hybridized carbons (Fsp3) is 1.00. The van der Waals surface area contributed by atoms with Gasteiger partial charge >= 0.3 is 0 Å². The van der Waals surface area contributed by atoms with E-state index in [1.54, 1.807) is 0 Å². The van der Waals surface area contributed by atoms with E-state index in [-0.39, 0.29) is 111 Å². The quantitative estimate of drug-likeness (QED) is 0.0561. The Balaban J connectivity index is 0.000000564. The van der Waals surface area contributed by atoms with Gasteiger partial charge in [0.25, 0.3) is 0 Å². The molecule has 0 bridgehead atoms. The molecular formula is C65H130O25. The van der Waals surface area contributed by atoms with Gasteiger partial charge in [0, 0.05) is 139 Å². The molecule has 5 aliphatic heterocycles. The maximum atomic E-state index is 5.90. The fourth-order valence-electron chi connectivity index (χ4n) is 10.8. The first-order valence-corrected chi connectivity index (χ1v) is 34.3. The van der Waals surface area contributed by atoms with Crippen molar-refractivity contribution >= 4 is 0 Å². The van der Waals surface area contributed by atoms with E-state index in [2.05, 4.69) is 0 Å². The molecule has 5 fully saturated rings. The summed E-state index contributed by atoms with van der Waals surface area (Å²) in [6.07, 6.45) is -3.73. The average molecular weight is 1310 g/mol. The highest BCUT2D eigenvalue weighted by molar-refractivity contribution is 4.91. The lowest BCUT2D eigenvalue weighted by Crippen LogP contribution is -2.61. The van der Waals surface area contributed by atoms with Crippen molar-refractivity contribution in [2.45, 2.75) is 268 Å². The van der Waals surface area contributed by atoms with Gasteiger partial charge in [-0.15, -0.1) is 0 Å². The van der Waals surface area contributed by atoms with Crippen LogP contribution in [0.3, 0.4) is 0 Å². The zero-order chi connectivity index (χ0) is 66.9. The lowest BCUT2D eigenvalue weighted by atomic mass is 10.0. The molecule has 4 unspecified atom stereocenters. The number of hydrogen-bond acceptors (Lipinski definition) is 25. The summed E-state index contributed by atoms with van der Waals surface area (Å²) < 4.78 is 142. The van der Waals surface area contributed by atoms with Crippen molar-refractivity contribution in [2.24, 2.45) is 0 Å². The highest BCUT2D eigenvalue weighted by Gasteiger charge is 2.50. The van der Waals surface area contributed by atoms with E-state index in [0.29, 0.717) is 159 Å². The highest BCUT2D eigenvalue weighted by atomic mass is 16.8. The summed E-state index contributed by atoms with van der Waals surface area (Å²) in [7, 11) is 0. The molecule has 5 aliphatic rings. The molecule has 25 nitrogen and oxygen atoms in total. The standard InChI is InChI=1S/C15H30O6.3C13H26O5.C11H22O4/c1-6-16-11-12(17-7-2)14(19-9-4)21-15(20-10-5)13(11)18-8-3;3*1-5-14-10-9-18-13(17-8-4)12(16-7-3)11(10)15-6-2;1-4-12-9-7-11(14-6-3)15-8-10(9)13-5-2/h11-15H,6-10H2,1-5H3;3*10-13H,5-9H2,1-4H3;9-11H,4-8H2,1-3H3/t11?,12-,13+,14-,15-;10-,11+,12-,13?;10-,11-,12+,13?;10-,11-,12+,13-;9-,10+,11?/m01110/s1. The zero-order valence-corrected chi connectivity index (χ0v) is 59.4. The molecule has 20 atom stereocenters. The third kappa shape index (κ3) is 31.5. The van der Waals surface area contributed by atoms with Crippen molar-refractivity contribution in [3.63, 3.8) is 0 Å². The first kappa shape index (κ1) is 87.0. The van der Waals surface area contributed by atoms with Crippen LogP contribution in [0.2, 0.25) is 0 Å². The van der Waals surface area contributed by atoms with Gasteiger partial charge in [-0.25, -0.2) is 0 Å². The van der Waals surface area contributed by atoms with Gasteiger partial charge in [0.1, 0.15) is 79.4 Å². The van der Waals surface area contributed by atoms with Gasteiger partial charge in [-0.1, -0.05) is 0 Å². The average Bonchev–Trinajstić information content (AvgIpc) is 1.19. The van der Waals surface area contributed by atoms with E-state index in [9.17, 15) is 0 Å². The Morgan fingerprint density at radius 1 is 0.189 bits per heavy atom. The van der Waals surface area contributed by atoms with Gasteiger partial charge < -0.3 is 118 Å². The molecule has 90 heavy (non-hydrogen) atoms. The molecule has 540 valence electrons. The van der Waals surface area contributed by atoms with Gasteiger partial charge in [0.05, 0.1) is 32.5 Å². The molecule has 0 radical (unpaired) electrons. The first-order chi connectivity index (χ1) is 43.9.